The van der Waals surface area contributed by atoms with Gasteiger partial charge in [-0.1, -0.05) is 127 Å². The number of rotatable bonds is 3. The fourth-order valence-electron chi connectivity index (χ4n) is 7.23. The second-order valence-electron chi connectivity index (χ2n) is 12.0. The summed E-state index contributed by atoms with van der Waals surface area (Å²) in [6.07, 6.45) is 0. The van der Waals surface area contributed by atoms with Gasteiger partial charge in [0.25, 0.3) is 0 Å². The Hall–Kier alpha value is -5.20. The molecule has 0 saturated carbocycles. The van der Waals surface area contributed by atoms with Crippen LogP contribution in [0.2, 0.25) is 0 Å². The molecule has 0 nitrogen and oxygen atoms in total. The van der Waals surface area contributed by atoms with E-state index in [1.54, 1.807) is 0 Å². The van der Waals surface area contributed by atoms with Crippen molar-refractivity contribution in [2.45, 2.75) is 20.8 Å². The zero-order valence-electron chi connectivity index (χ0n) is 24.8. The summed E-state index contributed by atoms with van der Waals surface area (Å²) >= 11 is 0. The first-order valence-electron chi connectivity index (χ1n) is 15.1. The highest BCUT2D eigenvalue weighted by Crippen LogP contribution is 2.46. The molecule has 0 aromatic heterocycles. The maximum absolute atomic E-state index is 2.43. The van der Waals surface area contributed by atoms with Gasteiger partial charge in [-0.2, -0.15) is 0 Å². The zero-order valence-corrected chi connectivity index (χ0v) is 24.8. The smallest absolute Gasteiger partial charge is 0.00210 e. The lowest BCUT2D eigenvalue weighted by molar-refractivity contribution is 1.33. The number of hydrogen-bond acceptors (Lipinski definition) is 0. The van der Waals surface area contributed by atoms with Crippen LogP contribution in [0.3, 0.4) is 0 Å². The molecule has 0 amide bonds. The minimum atomic E-state index is 1.24. The second-order valence-corrected chi connectivity index (χ2v) is 12.0. The molecule has 0 aliphatic carbocycles. The molecular formula is C43H32. The highest BCUT2D eigenvalue weighted by molar-refractivity contribution is 6.22. The third kappa shape index (κ3) is 4.22. The van der Waals surface area contributed by atoms with E-state index in [-0.39, 0.29) is 0 Å². The molecular weight excluding hydrogens is 516 g/mol. The molecule has 0 heteroatoms. The van der Waals surface area contributed by atoms with Crippen molar-refractivity contribution in [3.8, 4) is 33.4 Å². The van der Waals surface area contributed by atoms with Crippen molar-refractivity contribution in [2.75, 3.05) is 0 Å². The van der Waals surface area contributed by atoms with Crippen molar-refractivity contribution in [3.05, 3.63) is 156 Å². The van der Waals surface area contributed by atoms with Crippen LogP contribution in [-0.4, -0.2) is 0 Å². The molecule has 0 N–H and O–H groups in total. The molecule has 204 valence electrons. The largest absolute Gasteiger partial charge is 0.0616 e. The number of fused-ring (bicyclic) bond motifs is 4. The van der Waals surface area contributed by atoms with Crippen molar-refractivity contribution >= 4 is 43.1 Å². The van der Waals surface area contributed by atoms with Gasteiger partial charge >= 0.3 is 0 Å². The van der Waals surface area contributed by atoms with Gasteiger partial charge in [0.15, 0.2) is 0 Å². The third-order valence-electron chi connectivity index (χ3n) is 9.07. The molecule has 0 bridgehead atoms. The molecule has 0 aliphatic heterocycles. The first-order chi connectivity index (χ1) is 21.0. The standard InChI is InChI=1S/C43H32/c1-27-22-28(2)41(29(3)23-27)43-38-15-9-8-14-37(38)42(36-19-17-31-11-5-7-13-33(31)25-36)40-26-35(20-21-39(40)43)34-18-16-30-10-4-6-12-32(30)24-34/h4-26H,1-3H3. The molecule has 0 spiro atoms. The number of benzene rings is 8. The lowest BCUT2D eigenvalue weighted by Gasteiger charge is -2.21. The van der Waals surface area contributed by atoms with Gasteiger partial charge in [0.2, 0.25) is 0 Å². The molecule has 0 unspecified atom stereocenters. The maximum atomic E-state index is 2.43. The predicted octanol–water partition coefficient (Wildman–Crippen LogP) is 12.2. The first-order valence-corrected chi connectivity index (χ1v) is 15.1. The average molecular weight is 549 g/mol. The van der Waals surface area contributed by atoms with Crippen LogP contribution in [0.5, 0.6) is 0 Å². The van der Waals surface area contributed by atoms with Crippen LogP contribution >= 0.6 is 0 Å². The Kier molecular flexibility index (Phi) is 5.91. The van der Waals surface area contributed by atoms with E-state index in [0.29, 0.717) is 0 Å². The van der Waals surface area contributed by atoms with E-state index in [1.807, 2.05) is 0 Å². The van der Waals surface area contributed by atoms with Gasteiger partial charge in [-0.25, -0.2) is 0 Å². The molecule has 0 aliphatic rings. The van der Waals surface area contributed by atoms with Crippen LogP contribution in [-0.2, 0) is 0 Å². The van der Waals surface area contributed by atoms with Gasteiger partial charge in [0.1, 0.15) is 0 Å². The summed E-state index contributed by atoms with van der Waals surface area (Å²) in [5.41, 5.74) is 11.6. The lowest BCUT2D eigenvalue weighted by Crippen LogP contribution is -1.96. The molecule has 8 aromatic carbocycles. The third-order valence-corrected chi connectivity index (χ3v) is 9.07. The molecule has 43 heavy (non-hydrogen) atoms. The Bertz CT molecular complexity index is 2350. The zero-order chi connectivity index (χ0) is 29.1. The van der Waals surface area contributed by atoms with Gasteiger partial charge in [0, 0.05) is 0 Å². The Morgan fingerprint density at radius 1 is 0.302 bits per heavy atom. The fourth-order valence-corrected chi connectivity index (χ4v) is 7.23. The van der Waals surface area contributed by atoms with Crippen molar-refractivity contribution in [1.82, 2.24) is 0 Å². The fraction of sp³-hybridized carbons (Fsp3) is 0.0698. The Morgan fingerprint density at radius 2 is 0.767 bits per heavy atom. The van der Waals surface area contributed by atoms with Gasteiger partial charge in [-0.15, -0.1) is 0 Å². The van der Waals surface area contributed by atoms with Crippen molar-refractivity contribution in [3.63, 3.8) is 0 Å². The maximum Gasteiger partial charge on any atom is -0.00210 e. The highest BCUT2D eigenvalue weighted by atomic mass is 14.2. The van der Waals surface area contributed by atoms with Gasteiger partial charge in [0.05, 0.1) is 0 Å². The summed E-state index contributed by atoms with van der Waals surface area (Å²) in [5.74, 6) is 0. The summed E-state index contributed by atoms with van der Waals surface area (Å²) in [6, 6.07) is 51.8. The Labute approximate surface area is 252 Å². The van der Waals surface area contributed by atoms with Crippen LogP contribution < -0.4 is 0 Å². The van der Waals surface area contributed by atoms with Crippen molar-refractivity contribution < 1.29 is 0 Å². The molecule has 0 fully saturated rings. The summed E-state index contributed by atoms with van der Waals surface area (Å²) in [7, 11) is 0. The van der Waals surface area contributed by atoms with E-state index < -0.39 is 0 Å². The number of aryl methyl sites for hydroxylation is 3. The lowest BCUT2D eigenvalue weighted by atomic mass is 9.82. The quantitative estimate of drug-likeness (QED) is 0.193. The molecule has 8 aromatic rings. The topological polar surface area (TPSA) is 0 Å². The Morgan fingerprint density at radius 3 is 1.42 bits per heavy atom. The summed E-state index contributed by atoms with van der Waals surface area (Å²) < 4.78 is 0. The van der Waals surface area contributed by atoms with E-state index in [1.165, 1.54) is 93.2 Å². The van der Waals surface area contributed by atoms with Crippen LogP contribution in [0.25, 0.3) is 76.5 Å². The van der Waals surface area contributed by atoms with E-state index in [0.717, 1.165) is 0 Å². The predicted molar refractivity (Wildman–Crippen MR) is 187 cm³/mol. The highest BCUT2D eigenvalue weighted by Gasteiger charge is 2.20. The van der Waals surface area contributed by atoms with Crippen molar-refractivity contribution in [1.29, 1.82) is 0 Å². The summed E-state index contributed by atoms with van der Waals surface area (Å²) in [5, 5.41) is 10.2. The van der Waals surface area contributed by atoms with E-state index in [9.17, 15) is 0 Å². The second kappa shape index (κ2) is 9.96. The summed E-state index contributed by atoms with van der Waals surface area (Å²) in [6.45, 7) is 6.71. The van der Waals surface area contributed by atoms with Gasteiger partial charge in [-0.05, 0) is 127 Å². The van der Waals surface area contributed by atoms with E-state index in [4.69, 9.17) is 0 Å². The summed E-state index contributed by atoms with van der Waals surface area (Å²) in [4.78, 5) is 0. The van der Waals surface area contributed by atoms with Gasteiger partial charge in [-0.3, -0.25) is 0 Å². The number of hydrogen-bond donors (Lipinski definition) is 0. The van der Waals surface area contributed by atoms with Crippen LogP contribution in [0.1, 0.15) is 16.7 Å². The average Bonchev–Trinajstić information content (AvgIpc) is 3.03. The van der Waals surface area contributed by atoms with E-state index >= 15 is 0 Å². The monoisotopic (exact) mass is 548 g/mol. The minimum Gasteiger partial charge on any atom is -0.0616 e. The SMILES string of the molecule is Cc1cc(C)c(-c2c3ccccc3c(-c3ccc4ccccc4c3)c3cc(-c4ccc5ccccc5c4)ccc23)c(C)c1. The molecule has 0 saturated heterocycles. The molecule has 0 heterocycles. The molecule has 0 atom stereocenters. The normalized spacial score (nSPS) is 11.6. The van der Waals surface area contributed by atoms with E-state index in [2.05, 4.69) is 160 Å². The minimum absolute atomic E-state index is 1.24. The Balaban J connectivity index is 1.51. The molecule has 8 rings (SSSR count). The molecule has 0 radical (unpaired) electrons. The van der Waals surface area contributed by atoms with Gasteiger partial charge < -0.3 is 0 Å². The van der Waals surface area contributed by atoms with Crippen molar-refractivity contribution in [2.24, 2.45) is 0 Å². The van der Waals surface area contributed by atoms with Crippen LogP contribution in [0, 0.1) is 20.8 Å². The van der Waals surface area contributed by atoms with Crippen LogP contribution in [0.15, 0.2) is 140 Å². The van der Waals surface area contributed by atoms with Crippen LogP contribution in [0.4, 0.5) is 0 Å². The first kappa shape index (κ1) is 25.5.